The molecule has 0 aromatic rings. The largest absolute Gasteiger partial charge is 0.480 e. The smallest absolute Gasteiger partial charge is 0.326 e. The lowest BCUT2D eigenvalue weighted by atomic mass is 9.98. The molecule has 0 aromatic heterocycles. The van der Waals surface area contributed by atoms with E-state index in [9.17, 15) is 29.1 Å². The van der Waals surface area contributed by atoms with Gasteiger partial charge in [-0.05, 0) is 88.6 Å². The topological polar surface area (TPSA) is 232 Å². The van der Waals surface area contributed by atoms with Crippen LogP contribution >= 0.6 is 0 Å². The van der Waals surface area contributed by atoms with E-state index in [0.29, 0.717) is 51.6 Å². The summed E-state index contributed by atoms with van der Waals surface area (Å²) in [4.78, 5) is 64.6. The number of unbranched alkanes of at least 4 members (excludes halogenated alkanes) is 2. The lowest BCUT2D eigenvalue weighted by Gasteiger charge is -2.28. The molecule has 5 atom stereocenters. The highest BCUT2D eigenvalue weighted by Gasteiger charge is 2.32. The Bertz CT molecular complexity index is 868. The average Bonchev–Trinajstić information content (AvgIpc) is 2.90. The zero-order valence-corrected chi connectivity index (χ0v) is 27.1. The summed E-state index contributed by atoms with van der Waals surface area (Å²) in [6.07, 6.45) is 3.81. The molecule has 0 aliphatic carbocycles. The van der Waals surface area contributed by atoms with Crippen molar-refractivity contribution < 1.29 is 29.1 Å². The number of rotatable bonds is 23. The van der Waals surface area contributed by atoms with Gasteiger partial charge in [0.2, 0.25) is 23.6 Å². The summed E-state index contributed by atoms with van der Waals surface area (Å²) < 4.78 is 0. The molecule has 43 heavy (non-hydrogen) atoms. The molecule has 250 valence electrons. The fraction of sp³-hybridized carbons (Fsp3) is 0.833. The van der Waals surface area contributed by atoms with Crippen LogP contribution in [0.2, 0.25) is 0 Å². The normalized spacial score (nSPS) is 15.0. The van der Waals surface area contributed by atoms with Crippen molar-refractivity contribution in [3.8, 4) is 0 Å². The van der Waals surface area contributed by atoms with Crippen LogP contribution in [-0.2, 0) is 24.0 Å². The number of hydrogen-bond donors (Lipinski definition) is 8. The van der Waals surface area contributed by atoms with Gasteiger partial charge in [0.1, 0.15) is 24.2 Å². The summed E-state index contributed by atoms with van der Waals surface area (Å²) in [7, 11) is 0. The molecule has 0 aliphatic heterocycles. The van der Waals surface area contributed by atoms with Crippen LogP contribution in [0.5, 0.6) is 0 Å². The van der Waals surface area contributed by atoms with E-state index in [1.165, 1.54) is 0 Å². The summed E-state index contributed by atoms with van der Waals surface area (Å²) >= 11 is 0. The van der Waals surface area contributed by atoms with Gasteiger partial charge in [-0.15, -0.1) is 0 Å². The van der Waals surface area contributed by atoms with E-state index in [0.717, 1.165) is 0 Å². The summed E-state index contributed by atoms with van der Waals surface area (Å²) in [5, 5.41) is 20.4. The fourth-order valence-electron chi connectivity index (χ4n) is 4.63. The lowest BCUT2D eigenvalue weighted by Crippen LogP contribution is -2.58. The van der Waals surface area contributed by atoms with E-state index in [4.69, 9.17) is 17.2 Å². The highest BCUT2D eigenvalue weighted by molar-refractivity contribution is 5.95. The molecule has 11 N–H and O–H groups in total. The average molecular weight is 614 g/mol. The van der Waals surface area contributed by atoms with E-state index in [-0.39, 0.29) is 37.0 Å². The maximum atomic E-state index is 13.5. The Labute approximate surface area is 257 Å². The number of nitrogens with one attached hydrogen (secondary N) is 4. The monoisotopic (exact) mass is 613 g/mol. The first-order chi connectivity index (χ1) is 20.1. The predicted octanol–water partition coefficient (Wildman–Crippen LogP) is 0.734. The van der Waals surface area contributed by atoms with E-state index in [1.54, 1.807) is 0 Å². The third kappa shape index (κ3) is 17.8. The van der Waals surface area contributed by atoms with Crippen molar-refractivity contribution in [2.45, 2.75) is 130 Å². The van der Waals surface area contributed by atoms with Gasteiger partial charge in [0.15, 0.2) is 0 Å². The van der Waals surface area contributed by atoms with Crippen molar-refractivity contribution >= 4 is 29.6 Å². The highest BCUT2D eigenvalue weighted by atomic mass is 16.4. The maximum absolute atomic E-state index is 13.5. The zero-order chi connectivity index (χ0) is 33.1. The molecule has 0 radical (unpaired) electrons. The Hall–Kier alpha value is -2.77. The Morgan fingerprint density at radius 1 is 0.535 bits per heavy atom. The number of carboxylic acids is 1. The molecular formula is C30H59N7O6. The first kappa shape index (κ1) is 40.2. The van der Waals surface area contributed by atoms with Crippen LogP contribution in [0.3, 0.4) is 0 Å². The molecule has 0 spiro atoms. The molecule has 0 bridgehead atoms. The first-order valence-electron chi connectivity index (χ1n) is 15.7. The van der Waals surface area contributed by atoms with Crippen LogP contribution in [0.15, 0.2) is 0 Å². The second-order valence-electron chi connectivity index (χ2n) is 12.6. The molecule has 0 rings (SSSR count). The van der Waals surface area contributed by atoms with Crippen LogP contribution in [0.25, 0.3) is 0 Å². The molecule has 0 aromatic carbocycles. The van der Waals surface area contributed by atoms with E-state index < -0.39 is 59.8 Å². The van der Waals surface area contributed by atoms with Gasteiger partial charge in [0.25, 0.3) is 0 Å². The van der Waals surface area contributed by atoms with Crippen LogP contribution in [-0.4, -0.2) is 78.0 Å². The number of nitrogens with two attached hydrogens (primary N) is 3. The number of carboxylic acid groups (broad SMARTS) is 1. The number of carbonyl (C=O) groups excluding carboxylic acids is 4. The first-order valence-corrected chi connectivity index (χ1v) is 15.7. The van der Waals surface area contributed by atoms with Crippen molar-refractivity contribution in [2.24, 2.45) is 35.0 Å². The van der Waals surface area contributed by atoms with Gasteiger partial charge in [-0.2, -0.15) is 0 Å². The van der Waals surface area contributed by atoms with Gasteiger partial charge in [-0.1, -0.05) is 41.5 Å². The summed E-state index contributed by atoms with van der Waals surface area (Å²) in [6, 6.07) is -4.81. The number of hydrogen-bond acceptors (Lipinski definition) is 8. The highest BCUT2D eigenvalue weighted by Crippen LogP contribution is 2.12. The maximum Gasteiger partial charge on any atom is 0.326 e. The molecule has 0 unspecified atom stereocenters. The third-order valence-corrected chi connectivity index (χ3v) is 6.88. The van der Waals surface area contributed by atoms with E-state index >= 15 is 0 Å². The van der Waals surface area contributed by atoms with Gasteiger partial charge >= 0.3 is 5.97 Å². The summed E-state index contributed by atoms with van der Waals surface area (Å²) in [6.45, 7) is 12.3. The Morgan fingerprint density at radius 2 is 0.884 bits per heavy atom. The Kier molecular flexibility index (Phi) is 20.4. The second kappa shape index (κ2) is 21.8. The SMILES string of the molecule is CC(C)C[C@H](NC(=O)[C@H](CC(C)C)NC(=O)[C@@H](N)CC(C)C)C(=O)N[C@@H](CCCCN)C(=O)N[C@@H](CCCCN)C(=O)O. The van der Waals surface area contributed by atoms with Crippen molar-refractivity contribution in [2.75, 3.05) is 13.1 Å². The molecule has 0 heterocycles. The Balaban J connectivity index is 5.84. The molecule has 0 aliphatic rings. The summed E-state index contributed by atoms with van der Waals surface area (Å²) in [5.41, 5.74) is 17.2. The molecule has 0 fully saturated rings. The number of aliphatic carboxylic acids is 1. The van der Waals surface area contributed by atoms with Gasteiger partial charge in [0, 0.05) is 0 Å². The van der Waals surface area contributed by atoms with Crippen molar-refractivity contribution in [3.05, 3.63) is 0 Å². The standard InChI is InChI=1S/C30H59N7O6/c1-18(2)15-21(33)26(38)36-24(16-19(3)4)29(41)37-25(17-20(5)6)28(40)34-22(11-7-9-13-31)27(39)35-23(30(42)43)12-8-10-14-32/h18-25H,7-17,31-33H2,1-6H3,(H,34,40)(H,35,39)(H,36,38)(H,37,41)(H,42,43)/t21-,22-,23-,24-,25-/m0/s1. The number of carbonyl (C=O) groups is 5. The summed E-state index contributed by atoms with van der Waals surface area (Å²) in [5.74, 6) is -3.04. The molecule has 0 saturated heterocycles. The van der Waals surface area contributed by atoms with Gasteiger partial charge in [0.05, 0.1) is 6.04 Å². The number of amides is 4. The zero-order valence-electron chi connectivity index (χ0n) is 27.1. The molecule has 4 amide bonds. The van der Waals surface area contributed by atoms with Crippen LogP contribution in [0.4, 0.5) is 0 Å². The molecule has 13 heteroatoms. The second-order valence-corrected chi connectivity index (χ2v) is 12.6. The predicted molar refractivity (Wildman–Crippen MR) is 168 cm³/mol. The van der Waals surface area contributed by atoms with Crippen molar-refractivity contribution in [1.29, 1.82) is 0 Å². The minimum atomic E-state index is -1.17. The fourth-order valence-corrected chi connectivity index (χ4v) is 4.63. The van der Waals surface area contributed by atoms with Gasteiger partial charge in [-0.25, -0.2) is 4.79 Å². The quantitative estimate of drug-likeness (QED) is 0.0758. The van der Waals surface area contributed by atoms with Gasteiger partial charge < -0.3 is 43.6 Å². The van der Waals surface area contributed by atoms with Crippen LogP contribution in [0, 0.1) is 17.8 Å². The van der Waals surface area contributed by atoms with Gasteiger partial charge in [-0.3, -0.25) is 19.2 Å². The third-order valence-electron chi connectivity index (χ3n) is 6.88. The van der Waals surface area contributed by atoms with Crippen molar-refractivity contribution in [3.63, 3.8) is 0 Å². The Morgan fingerprint density at radius 3 is 1.28 bits per heavy atom. The van der Waals surface area contributed by atoms with Crippen molar-refractivity contribution in [1.82, 2.24) is 21.3 Å². The molecule has 13 nitrogen and oxygen atoms in total. The lowest BCUT2D eigenvalue weighted by molar-refractivity contribution is -0.142. The van der Waals surface area contributed by atoms with E-state index in [2.05, 4.69) is 21.3 Å². The minimum absolute atomic E-state index is 0.0112. The van der Waals surface area contributed by atoms with Crippen LogP contribution in [0.1, 0.15) is 99.3 Å². The van der Waals surface area contributed by atoms with Crippen LogP contribution < -0.4 is 38.5 Å². The minimum Gasteiger partial charge on any atom is -0.480 e. The molecular weight excluding hydrogens is 554 g/mol. The van der Waals surface area contributed by atoms with E-state index in [1.807, 2.05) is 41.5 Å². The molecule has 0 saturated carbocycles.